The van der Waals surface area contributed by atoms with Crippen LogP contribution in [0.15, 0.2) is 60.0 Å². The SMILES string of the molecule is CCN(CC)Cc1cc(N=c2ccn(O)c3ccc4nccnc4c23)ccc1O. The zero-order valence-corrected chi connectivity index (χ0v) is 16.4. The van der Waals surface area contributed by atoms with Gasteiger partial charge in [0.1, 0.15) is 11.3 Å². The molecule has 0 unspecified atom stereocenters. The maximum absolute atomic E-state index is 10.3. The summed E-state index contributed by atoms with van der Waals surface area (Å²) >= 11 is 0. The number of hydrogen-bond donors (Lipinski definition) is 2. The fourth-order valence-electron chi connectivity index (χ4n) is 3.46. The predicted octanol–water partition coefficient (Wildman–Crippen LogP) is 3.60. The van der Waals surface area contributed by atoms with Crippen LogP contribution in [-0.4, -0.2) is 43.0 Å². The molecule has 4 rings (SSSR count). The molecule has 148 valence electrons. The molecule has 2 heterocycles. The molecule has 0 saturated carbocycles. The van der Waals surface area contributed by atoms with Crippen LogP contribution in [0.2, 0.25) is 0 Å². The molecule has 7 nitrogen and oxygen atoms in total. The van der Waals surface area contributed by atoms with E-state index in [9.17, 15) is 10.3 Å². The first-order valence-corrected chi connectivity index (χ1v) is 9.64. The second-order valence-electron chi connectivity index (χ2n) is 6.82. The van der Waals surface area contributed by atoms with E-state index < -0.39 is 0 Å². The van der Waals surface area contributed by atoms with Gasteiger partial charge in [-0.05, 0) is 49.5 Å². The van der Waals surface area contributed by atoms with Crippen LogP contribution >= 0.6 is 0 Å². The maximum Gasteiger partial charge on any atom is 0.120 e. The van der Waals surface area contributed by atoms with Gasteiger partial charge in [0.25, 0.3) is 0 Å². The van der Waals surface area contributed by atoms with Gasteiger partial charge in [-0.25, -0.2) is 4.99 Å². The van der Waals surface area contributed by atoms with Crippen molar-refractivity contribution in [2.24, 2.45) is 4.99 Å². The van der Waals surface area contributed by atoms with E-state index in [4.69, 9.17) is 4.99 Å². The Morgan fingerprint density at radius 3 is 2.62 bits per heavy atom. The summed E-state index contributed by atoms with van der Waals surface area (Å²) in [6.45, 7) is 6.66. The summed E-state index contributed by atoms with van der Waals surface area (Å²) in [6.07, 6.45) is 4.82. The summed E-state index contributed by atoms with van der Waals surface area (Å²) < 4.78 is 1.06. The van der Waals surface area contributed by atoms with Crippen LogP contribution < -0.4 is 5.36 Å². The number of phenols is 1. The van der Waals surface area contributed by atoms with Crippen LogP contribution in [0.5, 0.6) is 5.75 Å². The van der Waals surface area contributed by atoms with Crippen molar-refractivity contribution in [1.82, 2.24) is 19.6 Å². The van der Waals surface area contributed by atoms with Gasteiger partial charge in [-0.3, -0.25) is 14.9 Å². The molecule has 0 radical (unpaired) electrons. The molecule has 0 saturated heterocycles. The Labute approximate surface area is 168 Å². The molecule has 0 atom stereocenters. The number of fused-ring (bicyclic) bond motifs is 3. The average molecular weight is 389 g/mol. The molecule has 2 N–H and O–H groups in total. The lowest BCUT2D eigenvalue weighted by Crippen LogP contribution is -2.22. The fraction of sp³-hybridized carbons (Fsp3) is 0.227. The van der Waals surface area contributed by atoms with Gasteiger partial charge in [-0.1, -0.05) is 13.8 Å². The summed E-state index contributed by atoms with van der Waals surface area (Å²) in [5, 5.41) is 21.9. The van der Waals surface area contributed by atoms with Crippen LogP contribution in [-0.2, 0) is 6.54 Å². The van der Waals surface area contributed by atoms with Crippen molar-refractivity contribution in [2.75, 3.05) is 13.1 Å². The standard InChI is InChI=1S/C22H23N5O2/c1-3-26(4-2)14-15-13-16(5-8-20(15)28)25-17-9-12-27(29)19-7-6-18-22(21(17)19)24-11-10-23-18/h5-13,28-29H,3-4,14H2,1-2H3. The average Bonchev–Trinajstić information content (AvgIpc) is 2.75. The third-order valence-corrected chi connectivity index (χ3v) is 5.10. The third kappa shape index (κ3) is 3.64. The van der Waals surface area contributed by atoms with Crippen LogP contribution in [0.3, 0.4) is 0 Å². The molecule has 0 aliphatic carbocycles. The van der Waals surface area contributed by atoms with Crippen molar-refractivity contribution in [1.29, 1.82) is 0 Å². The van der Waals surface area contributed by atoms with Gasteiger partial charge in [0.05, 0.1) is 27.5 Å². The van der Waals surface area contributed by atoms with E-state index in [1.165, 1.54) is 0 Å². The Morgan fingerprint density at radius 2 is 1.83 bits per heavy atom. The van der Waals surface area contributed by atoms with Crippen molar-refractivity contribution in [3.05, 3.63) is 65.9 Å². The first kappa shape index (κ1) is 18.9. The second kappa shape index (κ2) is 7.89. The van der Waals surface area contributed by atoms with Gasteiger partial charge in [-0.15, -0.1) is 0 Å². The van der Waals surface area contributed by atoms with E-state index in [1.807, 2.05) is 12.1 Å². The number of pyridine rings is 1. The van der Waals surface area contributed by atoms with E-state index in [2.05, 4.69) is 28.7 Å². The number of nitrogens with zero attached hydrogens (tertiary/aromatic N) is 5. The molecular weight excluding hydrogens is 366 g/mol. The third-order valence-electron chi connectivity index (χ3n) is 5.10. The molecular formula is C22H23N5O2. The van der Waals surface area contributed by atoms with E-state index in [1.54, 1.807) is 42.9 Å². The monoisotopic (exact) mass is 389 g/mol. The largest absolute Gasteiger partial charge is 0.508 e. The van der Waals surface area contributed by atoms with Gasteiger partial charge in [-0.2, -0.15) is 4.73 Å². The van der Waals surface area contributed by atoms with Crippen molar-refractivity contribution in [2.45, 2.75) is 20.4 Å². The summed E-state index contributed by atoms with van der Waals surface area (Å²) in [7, 11) is 0. The van der Waals surface area contributed by atoms with E-state index in [0.717, 1.165) is 40.0 Å². The van der Waals surface area contributed by atoms with Crippen molar-refractivity contribution >= 4 is 27.6 Å². The second-order valence-corrected chi connectivity index (χ2v) is 6.82. The van der Waals surface area contributed by atoms with Crippen LogP contribution in [0, 0.1) is 0 Å². The molecule has 0 bridgehead atoms. The minimum Gasteiger partial charge on any atom is -0.508 e. The lowest BCUT2D eigenvalue weighted by atomic mass is 10.1. The zero-order valence-electron chi connectivity index (χ0n) is 16.4. The van der Waals surface area contributed by atoms with Crippen LogP contribution in [0.1, 0.15) is 19.4 Å². The number of hydrogen-bond acceptors (Lipinski definition) is 6. The van der Waals surface area contributed by atoms with Gasteiger partial charge < -0.3 is 10.3 Å². The lowest BCUT2D eigenvalue weighted by molar-refractivity contribution is 0.198. The molecule has 0 spiro atoms. The highest BCUT2D eigenvalue weighted by atomic mass is 16.5. The first-order valence-electron chi connectivity index (χ1n) is 9.64. The number of phenolic OH excluding ortho intramolecular Hbond substituents is 1. The Bertz CT molecular complexity index is 1250. The maximum atomic E-state index is 10.3. The number of aromatic nitrogens is 3. The smallest absolute Gasteiger partial charge is 0.120 e. The summed E-state index contributed by atoms with van der Waals surface area (Å²) in [5.74, 6) is 0.262. The Morgan fingerprint density at radius 1 is 1.03 bits per heavy atom. The topological polar surface area (TPSA) is 86.8 Å². The molecule has 0 amide bonds. The molecule has 0 aliphatic heterocycles. The van der Waals surface area contributed by atoms with E-state index >= 15 is 0 Å². The Hall–Kier alpha value is -3.45. The molecule has 4 aromatic rings. The number of aromatic hydroxyl groups is 1. The fourth-order valence-corrected chi connectivity index (χ4v) is 3.46. The highest BCUT2D eigenvalue weighted by molar-refractivity contribution is 6.01. The van der Waals surface area contributed by atoms with Gasteiger partial charge >= 0.3 is 0 Å². The summed E-state index contributed by atoms with van der Waals surface area (Å²) in [4.78, 5) is 15.8. The molecule has 7 heteroatoms. The highest BCUT2D eigenvalue weighted by Gasteiger charge is 2.10. The molecule has 0 aliphatic rings. The van der Waals surface area contributed by atoms with Gasteiger partial charge in [0, 0.05) is 30.7 Å². The first-order chi connectivity index (χ1) is 14.1. The number of benzene rings is 2. The van der Waals surface area contributed by atoms with Gasteiger partial charge in [0.15, 0.2) is 0 Å². The molecule has 0 fully saturated rings. The quantitative estimate of drug-likeness (QED) is 0.402. The number of rotatable bonds is 5. The Kier molecular flexibility index (Phi) is 5.14. The van der Waals surface area contributed by atoms with Crippen molar-refractivity contribution < 1.29 is 10.3 Å². The predicted molar refractivity (Wildman–Crippen MR) is 112 cm³/mol. The van der Waals surface area contributed by atoms with Crippen molar-refractivity contribution in [3.8, 4) is 5.75 Å². The van der Waals surface area contributed by atoms with Crippen molar-refractivity contribution in [3.63, 3.8) is 0 Å². The molecule has 2 aromatic heterocycles. The van der Waals surface area contributed by atoms with Crippen LogP contribution in [0.25, 0.3) is 21.9 Å². The molecule has 2 aromatic carbocycles. The zero-order chi connectivity index (χ0) is 20.4. The minimum atomic E-state index is 0.262. The minimum absolute atomic E-state index is 0.262. The van der Waals surface area contributed by atoms with E-state index in [-0.39, 0.29) is 5.75 Å². The summed E-state index contributed by atoms with van der Waals surface area (Å²) in [6, 6.07) is 10.7. The lowest BCUT2D eigenvalue weighted by Gasteiger charge is -2.18. The summed E-state index contributed by atoms with van der Waals surface area (Å²) in [5.41, 5.74) is 3.56. The van der Waals surface area contributed by atoms with E-state index in [0.29, 0.717) is 22.9 Å². The Balaban J connectivity index is 1.91. The molecule has 29 heavy (non-hydrogen) atoms. The van der Waals surface area contributed by atoms with Gasteiger partial charge in [0.2, 0.25) is 0 Å². The highest BCUT2D eigenvalue weighted by Crippen LogP contribution is 2.25. The normalized spacial score (nSPS) is 12.3. The van der Waals surface area contributed by atoms with Crippen LogP contribution in [0.4, 0.5) is 5.69 Å².